The summed E-state index contributed by atoms with van der Waals surface area (Å²) in [4.78, 5) is 64.0. The first-order valence-electron chi connectivity index (χ1n) is 21.1. The fourth-order valence-electron chi connectivity index (χ4n) is 9.18. The topological polar surface area (TPSA) is 153 Å². The summed E-state index contributed by atoms with van der Waals surface area (Å²) < 4.78 is 31.3. The number of carbonyl (C=O) groups excluding carboxylic acids is 3. The minimum absolute atomic E-state index is 0.131. The SMILES string of the molecule is CNC(=O)CCC(C=O)N1Cc2cc(C3(O)CCN(Cc4ccc(SN5CCC(Nc6ncc7cc(C(F)F)c(=O)n(C8CCCC8)c7n6)CC5)cc4)CC3)ccc2C1=O. The first-order chi connectivity index (χ1) is 29.0. The molecule has 4 aromatic rings. The zero-order valence-corrected chi connectivity index (χ0v) is 34.6. The van der Waals surface area contributed by atoms with Gasteiger partial charge in [0.15, 0.2) is 0 Å². The third-order valence-corrected chi connectivity index (χ3v) is 13.8. The van der Waals surface area contributed by atoms with E-state index in [1.54, 1.807) is 31.3 Å². The Hall–Kier alpha value is -4.77. The van der Waals surface area contributed by atoms with E-state index in [2.05, 4.69) is 49.1 Å². The molecule has 0 radical (unpaired) electrons. The molecule has 3 N–H and O–H groups in total. The summed E-state index contributed by atoms with van der Waals surface area (Å²) in [6.07, 6.45) is 6.16. The Kier molecular flexibility index (Phi) is 12.6. The molecular weight excluding hydrogens is 791 g/mol. The summed E-state index contributed by atoms with van der Waals surface area (Å²) in [6, 6.07) is 14.7. The number of hydrogen-bond acceptors (Lipinski definition) is 11. The molecule has 4 aliphatic rings. The van der Waals surface area contributed by atoms with Gasteiger partial charge in [-0.05, 0) is 97.8 Å². The molecule has 1 saturated carbocycles. The minimum Gasteiger partial charge on any atom is -0.385 e. The van der Waals surface area contributed by atoms with Gasteiger partial charge in [-0.1, -0.05) is 37.1 Å². The van der Waals surface area contributed by atoms with Crippen molar-refractivity contribution in [2.24, 2.45) is 0 Å². The van der Waals surface area contributed by atoms with E-state index in [9.17, 15) is 33.1 Å². The van der Waals surface area contributed by atoms with Gasteiger partial charge in [0.25, 0.3) is 17.9 Å². The van der Waals surface area contributed by atoms with Crippen LogP contribution in [-0.2, 0) is 28.3 Å². The maximum absolute atomic E-state index is 13.7. The third kappa shape index (κ3) is 8.97. The van der Waals surface area contributed by atoms with E-state index in [4.69, 9.17) is 4.98 Å². The highest BCUT2D eigenvalue weighted by molar-refractivity contribution is 7.97. The van der Waals surface area contributed by atoms with Crippen molar-refractivity contribution in [3.63, 3.8) is 0 Å². The number of alkyl halides is 2. The summed E-state index contributed by atoms with van der Waals surface area (Å²) in [5.74, 6) is 0.00327. The molecule has 318 valence electrons. The second-order valence-electron chi connectivity index (χ2n) is 16.6. The van der Waals surface area contributed by atoms with Crippen LogP contribution in [0.25, 0.3) is 11.0 Å². The largest absolute Gasteiger partial charge is 0.385 e. The highest BCUT2D eigenvalue weighted by Crippen LogP contribution is 2.37. The number of amides is 2. The van der Waals surface area contributed by atoms with Crippen molar-refractivity contribution in [3.8, 4) is 0 Å². The number of nitrogens with one attached hydrogen (secondary N) is 2. The first kappa shape index (κ1) is 41.9. The zero-order valence-electron chi connectivity index (χ0n) is 33.8. The first-order valence-corrected chi connectivity index (χ1v) is 21.8. The quantitative estimate of drug-likeness (QED) is 0.102. The van der Waals surface area contributed by atoms with Crippen molar-refractivity contribution in [2.45, 2.75) is 112 Å². The number of fused-ring (bicyclic) bond motifs is 2. The smallest absolute Gasteiger partial charge is 0.269 e. The molecule has 0 spiro atoms. The lowest BCUT2D eigenvalue weighted by Gasteiger charge is -2.38. The lowest BCUT2D eigenvalue weighted by Crippen LogP contribution is -2.42. The van der Waals surface area contributed by atoms with E-state index in [1.165, 1.54) is 21.1 Å². The molecule has 5 heterocycles. The molecule has 16 heteroatoms. The van der Waals surface area contributed by atoms with Crippen LogP contribution in [0.5, 0.6) is 0 Å². The Bertz CT molecular complexity index is 2270. The van der Waals surface area contributed by atoms with E-state index in [1.807, 2.05) is 12.1 Å². The summed E-state index contributed by atoms with van der Waals surface area (Å²) in [5.41, 5.74) is 1.55. The maximum Gasteiger partial charge on any atom is 0.269 e. The predicted octanol–water partition coefficient (Wildman–Crippen LogP) is 5.96. The molecule has 1 unspecified atom stereocenters. The van der Waals surface area contributed by atoms with Gasteiger partial charge in [0, 0.05) is 86.9 Å². The van der Waals surface area contributed by atoms with Crippen LogP contribution in [0.15, 0.2) is 64.4 Å². The molecule has 13 nitrogen and oxygen atoms in total. The highest BCUT2D eigenvalue weighted by Gasteiger charge is 2.38. The summed E-state index contributed by atoms with van der Waals surface area (Å²) in [7, 11) is 1.54. The van der Waals surface area contributed by atoms with Gasteiger partial charge in [0.1, 0.15) is 11.9 Å². The average Bonchev–Trinajstić information content (AvgIpc) is 3.91. The molecule has 3 aliphatic heterocycles. The van der Waals surface area contributed by atoms with Gasteiger partial charge in [-0.15, -0.1) is 0 Å². The van der Waals surface area contributed by atoms with Crippen LogP contribution >= 0.6 is 11.9 Å². The number of nitrogens with zero attached hydrogens (tertiary/aromatic N) is 6. The lowest BCUT2D eigenvalue weighted by molar-refractivity contribution is -0.121. The van der Waals surface area contributed by atoms with Gasteiger partial charge >= 0.3 is 0 Å². The van der Waals surface area contributed by atoms with E-state index < -0.39 is 29.2 Å². The molecule has 2 saturated heterocycles. The average molecular weight is 843 g/mol. The van der Waals surface area contributed by atoms with Crippen molar-refractivity contribution in [3.05, 3.63) is 92.9 Å². The second kappa shape index (κ2) is 18.1. The normalized spacial score (nSPS) is 19.6. The Balaban J connectivity index is 0.806. The molecule has 0 bridgehead atoms. The molecule has 8 rings (SSSR count). The van der Waals surface area contributed by atoms with Crippen LogP contribution in [0.1, 0.15) is 109 Å². The monoisotopic (exact) mass is 842 g/mol. The minimum atomic E-state index is -2.85. The molecule has 3 fully saturated rings. The summed E-state index contributed by atoms with van der Waals surface area (Å²) in [5, 5.41) is 18.2. The van der Waals surface area contributed by atoms with Crippen molar-refractivity contribution in [1.29, 1.82) is 0 Å². The van der Waals surface area contributed by atoms with Crippen LogP contribution in [0.2, 0.25) is 0 Å². The molecule has 2 aromatic carbocycles. The number of pyridine rings is 1. The van der Waals surface area contributed by atoms with Crippen LogP contribution in [0.3, 0.4) is 0 Å². The fraction of sp³-hybridized carbons (Fsp3) is 0.500. The number of aliphatic hydroxyl groups is 1. The van der Waals surface area contributed by atoms with Crippen LogP contribution in [0.4, 0.5) is 14.7 Å². The molecule has 1 aliphatic carbocycles. The van der Waals surface area contributed by atoms with Crippen molar-refractivity contribution in [2.75, 3.05) is 38.5 Å². The van der Waals surface area contributed by atoms with E-state index in [0.29, 0.717) is 35.4 Å². The molecule has 2 amide bonds. The number of anilines is 1. The van der Waals surface area contributed by atoms with Gasteiger partial charge in [-0.25, -0.2) is 18.1 Å². The third-order valence-electron chi connectivity index (χ3n) is 12.7. The maximum atomic E-state index is 13.7. The van der Waals surface area contributed by atoms with Gasteiger partial charge in [0.2, 0.25) is 11.9 Å². The van der Waals surface area contributed by atoms with Gasteiger partial charge in [-0.3, -0.25) is 23.9 Å². The summed E-state index contributed by atoms with van der Waals surface area (Å²) >= 11 is 1.73. The van der Waals surface area contributed by atoms with Crippen LogP contribution in [0, 0.1) is 0 Å². The number of halogens is 2. The molecule has 2 aromatic heterocycles. The number of hydrogen-bond donors (Lipinski definition) is 3. The number of carbonyl (C=O) groups is 3. The Morgan fingerprint density at radius 2 is 1.75 bits per heavy atom. The van der Waals surface area contributed by atoms with Crippen molar-refractivity contribution < 1.29 is 28.3 Å². The molecule has 1 atom stereocenters. The van der Waals surface area contributed by atoms with Crippen molar-refractivity contribution >= 4 is 47.0 Å². The number of benzene rings is 2. The van der Waals surface area contributed by atoms with Gasteiger partial charge < -0.3 is 25.4 Å². The van der Waals surface area contributed by atoms with Crippen LogP contribution < -0.4 is 16.2 Å². The number of aldehydes is 1. The lowest BCUT2D eigenvalue weighted by atomic mass is 9.83. The van der Waals surface area contributed by atoms with E-state index >= 15 is 0 Å². The standard InChI is InChI=1S/C44H52F2N8O5S/c1-47-38(56)13-9-34(27-55)53-26-30-22-31(8-12-36(30)41(53)57)44(59)16-20-51(21-17-44)25-28-6-10-35(11-7-28)60-52-18-14-32(15-19-52)49-43-48-24-29-23-37(39(45)46)42(58)54(40(29)50-43)33-4-2-3-5-33/h6-8,10-12,22-24,27,32-34,39,59H,2-5,9,13-21,25-26H2,1H3,(H,47,56)(H,48,49,50). The predicted molar refractivity (Wildman–Crippen MR) is 225 cm³/mol. The Morgan fingerprint density at radius 3 is 2.43 bits per heavy atom. The number of piperidine rings is 2. The number of aromatic nitrogens is 3. The van der Waals surface area contributed by atoms with Crippen LogP contribution in [-0.4, -0.2) is 97.2 Å². The van der Waals surface area contributed by atoms with Crippen molar-refractivity contribution in [1.82, 2.24) is 34.0 Å². The summed E-state index contributed by atoms with van der Waals surface area (Å²) in [6.45, 7) is 4.20. The van der Waals surface area contributed by atoms with Gasteiger partial charge in [-0.2, -0.15) is 4.98 Å². The second-order valence-corrected chi connectivity index (χ2v) is 17.8. The fourth-order valence-corrected chi connectivity index (χ4v) is 10.1. The highest BCUT2D eigenvalue weighted by atomic mass is 32.2. The number of rotatable bonds is 14. The molecule has 60 heavy (non-hydrogen) atoms. The molecular formula is C44H52F2N8O5S. The Morgan fingerprint density at radius 1 is 1.02 bits per heavy atom. The number of likely N-dealkylation sites (tertiary alicyclic amines) is 1. The van der Waals surface area contributed by atoms with Gasteiger partial charge in [0.05, 0.1) is 17.2 Å². The zero-order chi connectivity index (χ0) is 42.0. The Labute approximate surface area is 352 Å². The van der Waals surface area contributed by atoms with E-state index in [0.717, 1.165) is 93.6 Å². The van der Waals surface area contributed by atoms with E-state index in [-0.39, 0.29) is 43.3 Å².